The number of ether oxygens (including phenoxy) is 3. The van der Waals surface area contributed by atoms with Gasteiger partial charge in [0.15, 0.2) is 11.5 Å². The zero-order valence-electron chi connectivity index (χ0n) is 9.49. The van der Waals surface area contributed by atoms with Crippen molar-refractivity contribution in [1.82, 2.24) is 0 Å². The Hall–Kier alpha value is -1.42. The van der Waals surface area contributed by atoms with E-state index >= 15 is 0 Å². The summed E-state index contributed by atoms with van der Waals surface area (Å²) in [5.41, 5.74) is 6.67. The molecule has 1 aliphatic heterocycles. The van der Waals surface area contributed by atoms with Crippen molar-refractivity contribution in [1.29, 1.82) is 0 Å². The van der Waals surface area contributed by atoms with E-state index in [4.69, 9.17) is 19.9 Å². The standard InChI is InChI=1S/C12H17NO3/c1-14-10-7-9(3-2-4-13)8-11-12(10)16-6-5-15-11/h7-8H,2-6,13H2,1H3. The molecule has 0 fully saturated rings. The molecular weight excluding hydrogens is 206 g/mol. The Kier molecular flexibility index (Phi) is 3.51. The summed E-state index contributed by atoms with van der Waals surface area (Å²) < 4.78 is 16.4. The summed E-state index contributed by atoms with van der Waals surface area (Å²) in [5, 5.41) is 0. The van der Waals surface area contributed by atoms with Gasteiger partial charge in [-0.15, -0.1) is 0 Å². The molecule has 0 bridgehead atoms. The minimum Gasteiger partial charge on any atom is -0.493 e. The molecule has 1 heterocycles. The van der Waals surface area contributed by atoms with Gasteiger partial charge < -0.3 is 19.9 Å². The van der Waals surface area contributed by atoms with Gasteiger partial charge in [-0.1, -0.05) is 0 Å². The number of rotatable bonds is 4. The van der Waals surface area contributed by atoms with Crippen LogP contribution in [0.4, 0.5) is 0 Å². The first-order valence-electron chi connectivity index (χ1n) is 5.51. The van der Waals surface area contributed by atoms with E-state index in [-0.39, 0.29) is 0 Å². The summed E-state index contributed by atoms with van der Waals surface area (Å²) in [6.07, 6.45) is 1.90. The van der Waals surface area contributed by atoms with E-state index in [0.717, 1.165) is 24.3 Å². The van der Waals surface area contributed by atoms with Crippen molar-refractivity contribution in [3.8, 4) is 17.2 Å². The van der Waals surface area contributed by atoms with Crippen LogP contribution in [0.15, 0.2) is 12.1 Å². The molecule has 0 spiro atoms. The number of aryl methyl sites for hydroxylation is 1. The smallest absolute Gasteiger partial charge is 0.203 e. The van der Waals surface area contributed by atoms with E-state index in [1.807, 2.05) is 12.1 Å². The van der Waals surface area contributed by atoms with E-state index in [1.165, 1.54) is 5.56 Å². The van der Waals surface area contributed by atoms with Crippen molar-refractivity contribution in [3.63, 3.8) is 0 Å². The topological polar surface area (TPSA) is 53.7 Å². The van der Waals surface area contributed by atoms with E-state index in [1.54, 1.807) is 7.11 Å². The van der Waals surface area contributed by atoms with Crippen molar-refractivity contribution >= 4 is 0 Å². The quantitative estimate of drug-likeness (QED) is 0.837. The predicted molar refractivity (Wildman–Crippen MR) is 61.4 cm³/mol. The highest BCUT2D eigenvalue weighted by Crippen LogP contribution is 2.40. The number of benzene rings is 1. The largest absolute Gasteiger partial charge is 0.493 e. The summed E-state index contributed by atoms with van der Waals surface area (Å²) in [6, 6.07) is 4.00. The fraction of sp³-hybridized carbons (Fsp3) is 0.500. The SMILES string of the molecule is COc1cc(CCCN)cc2c1OCCO2. The molecule has 0 radical (unpaired) electrons. The van der Waals surface area contributed by atoms with Crippen LogP contribution in [-0.2, 0) is 6.42 Å². The molecule has 0 saturated heterocycles. The van der Waals surface area contributed by atoms with Gasteiger partial charge in [-0.25, -0.2) is 0 Å². The molecule has 0 saturated carbocycles. The summed E-state index contributed by atoms with van der Waals surface area (Å²) in [7, 11) is 1.64. The zero-order valence-corrected chi connectivity index (χ0v) is 9.49. The van der Waals surface area contributed by atoms with E-state index in [2.05, 4.69) is 0 Å². The maximum Gasteiger partial charge on any atom is 0.203 e. The van der Waals surface area contributed by atoms with Crippen LogP contribution in [0, 0.1) is 0 Å². The van der Waals surface area contributed by atoms with Crippen LogP contribution in [0.5, 0.6) is 17.2 Å². The first-order chi connectivity index (χ1) is 7.85. The second-order valence-electron chi connectivity index (χ2n) is 3.71. The van der Waals surface area contributed by atoms with E-state index in [0.29, 0.717) is 25.5 Å². The predicted octanol–water partition coefficient (Wildman–Crippen LogP) is 1.36. The molecule has 88 valence electrons. The van der Waals surface area contributed by atoms with Gasteiger partial charge in [0.1, 0.15) is 13.2 Å². The lowest BCUT2D eigenvalue weighted by atomic mass is 10.1. The van der Waals surface area contributed by atoms with Crippen molar-refractivity contribution in [2.45, 2.75) is 12.8 Å². The Morgan fingerprint density at radius 1 is 1.31 bits per heavy atom. The Labute approximate surface area is 95.3 Å². The van der Waals surface area contributed by atoms with Gasteiger partial charge in [0.05, 0.1) is 7.11 Å². The van der Waals surface area contributed by atoms with Gasteiger partial charge in [-0.05, 0) is 37.1 Å². The van der Waals surface area contributed by atoms with Gasteiger partial charge in [0.25, 0.3) is 0 Å². The molecule has 0 amide bonds. The molecular formula is C12H17NO3. The van der Waals surface area contributed by atoms with Crippen LogP contribution < -0.4 is 19.9 Å². The molecule has 0 aromatic heterocycles. The van der Waals surface area contributed by atoms with Crippen LogP contribution in [0.2, 0.25) is 0 Å². The van der Waals surface area contributed by atoms with Crippen LogP contribution in [0.1, 0.15) is 12.0 Å². The Morgan fingerprint density at radius 2 is 2.12 bits per heavy atom. The van der Waals surface area contributed by atoms with Crippen LogP contribution in [-0.4, -0.2) is 26.9 Å². The molecule has 2 rings (SSSR count). The summed E-state index contributed by atoms with van der Waals surface area (Å²) >= 11 is 0. The summed E-state index contributed by atoms with van der Waals surface area (Å²) in [5.74, 6) is 2.23. The van der Waals surface area contributed by atoms with E-state index < -0.39 is 0 Å². The molecule has 4 heteroatoms. The van der Waals surface area contributed by atoms with Crippen LogP contribution >= 0.6 is 0 Å². The minimum atomic E-state index is 0.575. The fourth-order valence-corrected chi connectivity index (χ4v) is 1.78. The lowest BCUT2D eigenvalue weighted by Crippen LogP contribution is -2.16. The van der Waals surface area contributed by atoms with Gasteiger partial charge in [-0.2, -0.15) is 0 Å². The lowest BCUT2D eigenvalue weighted by molar-refractivity contribution is 0.165. The third kappa shape index (κ3) is 2.22. The van der Waals surface area contributed by atoms with Crippen molar-refractivity contribution in [2.24, 2.45) is 5.73 Å². The number of hydrogen-bond donors (Lipinski definition) is 1. The normalized spacial score (nSPS) is 13.6. The molecule has 1 aliphatic rings. The molecule has 4 nitrogen and oxygen atoms in total. The molecule has 2 N–H and O–H groups in total. The first kappa shape index (κ1) is 11.1. The van der Waals surface area contributed by atoms with Crippen LogP contribution in [0.25, 0.3) is 0 Å². The average Bonchev–Trinajstić information content (AvgIpc) is 2.35. The van der Waals surface area contributed by atoms with Crippen LogP contribution in [0.3, 0.4) is 0 Å². The Balaban J connectivity index is 2.28. The second-order valence-corrected chi connectivity index (χ2v) is 3.71. The lowest BCUT2D eigenvalue weighted by Gasteiger charge is -2.21. The zero-order chi connectivity index (χ0) is 11.4. The van der Waals surface area contributed by atoms with Gasteiger partial charge in [-0.3, -0.25) is 0 Å². The third-order valence-electron chi connectivity index (χ3n) is 2.56. The number of fused-ring (bicyclic) bond motifs is 1. The molecule has 1 aromatic rings. The minimum absolute atomic E-state index is 0.575. The third-order valence-corrected chi connectivity index (χ3v) is 2.56. The van der Waals surface area contributed by atoms with Crippen molar-refractivity contribution in [2.75, 3.05) is 26.9 Å². The van der Waals surface area contributed by atoms with Crippen molar-refractivity contribution in [3.05, 3.63) is 17.7 Å². The fourth-order valence-electron chi connectivity index (χ4n) is 1.78. The van der Waals surface area contributed by atoms with Crippen molar-refractivity contribution < 1.29 is 14.2 Å². The highest BCUT2D eigenvalue weighted by Gasteiger charge is 2.17. The molecule has 0 unspecified atom stereocenters. The molecule has 0 aliphatic carbocycles. The molecule has 1 aromatic carbocycles. The summed E-state index contributed by atoms with van der Waals surface area (Å²) in [6.45, 7) is 1.86. The Bertz CT molecular complexity index is 348. The number of hydrogen-bond acceptors (Lipinski definition) is 4. The van der Waals surface area contributed by atoms with Gasteiger partial charge >= 0.3 is 0 Å². The summed E-state index contributed by atoms with van der Waals surface area (Å²) in [4.78, 5) is 0. The maximum atomic E-state index is 5.55. The number of nitrogens with two attached hydrogens (primary N) is 1. The second kappa shape index (κ2) is 5.07. The van der Waals surface area contributed by atoms with E-state index in [9.17, 15) is 0 Å². The first-order valence-corrected chi connectivity index (χ1v) is 5.51. The molecule has 16 heavy (non-hydrogen) atoms. The highest BCUT2D eigenvalue weighted by molar-refractivity contribution is 5.54. The average molecular weight is 223 g/mol. The highest BCUT2D eigenvalue weighted by atomic mass is 16.6. The van der Waals surface area contributed by atoms with Gasteiger partial charge in [0.2, 0.25) is 5.75 Å². The molecule has 0 atom stereocenters. The van der Waals surface area contributed by atoms with Gasteiger partial charge in [0, 0.05) is 0 Å². The monoisotopic (exact) mass is 223 g/mol. The maximum absolute atomic E-state index is 5.55. The Morgan fingerprint density at radius 3 is 2.88 bits per heavy atom. The number of methoxy groups -OCH3 is 1.